The minimum absolute atomic E-state index is 0.0782. The first-order valence-corrected chi connectivity index (χ1v) is 8.87. The number of morpholine rings is 1. The molecule has 3 rings (SSSR count). The van der Waals surface area contributed by atoms with Gasteiger partial charge in [-0.15, -0.1) is 13.2 Å². The Morgan fingerprint density at radius 2 is 1.97 bits per heavy atom. The number of amides is 2. The monoisotopic (exact) mass is 411 g/mol. The molecule has 2 aromatic rings. The van der Waals surface area contributed by atoms with Gasteiger partial charge in [0.25, 0.3) is 0 Å². The van der Waals surface area contributed by atoms with E-state index >= 15 is 0 Å². The van der Waals surface area contributed by atoms with Crippen LogP contribution in [-0.4, -0.2) is 48.7 Å². The molecule has 2 N–H and O–H groups in total. The van der Waals surface area contributed by atoms with Crippen molar-refractivity contribution < 1.29 is 27.4 Å². The number of benzene rings is 1. The van der Waals surface area contributed by atoms with Crippen molar-refractivity contribution in [1.82, 2.24) is 15.3 Å². The van der Waals surface area contributed by atoms with Gasteiger partial charge in [-0.25, -0.2) is 14.8 Å². The molecule has 0 spiro atoms. The van der Waals surface area contributed by atoms with Crippen molar-refractivity contribution >= 4 is 17.7 Å². The van der Waals surface area contributed by atoms with Crippen molar-refractivity contribution in [1.29, 1.82) is 0 Å². The molecular formula is C18H20F3N5O3. The molecule has 156 valence electrons. The average molecular weight is 411 g/mol. The largest absolute Gasteiger partial charge is 0.573 e. The lowest BCUT2D eigenvalue weighted by atomic mass is 10.3. The first kappa shape index (κ1) is 20.6. The van der Waals surface area contributed by atoms with Crippen LogP contribution in [0, 0.1) is 6.92 Å². The van der Waals surface area contributed by atoms with E-state index < -0.39 is 18.1 Å². The van der Waals surface area contributed by atoms with Crippen molar-refractivity contribution in [3.8, 4) is 5.75 Å². The fourth-order valence-electron chi connectivity index (χ4n) is 2.73. The molecule has 1 saturated heterocycles. The number of anilines is 2. The summed E-state index contributed by atoms with van der Waals surface area (Å²) in [7, 11) is 0. The lowest BCUT2D eigenvalue weighted by Crippen LogP contribution is -2.37. The molecule has 0 atom stereocenters. The number of urea groups is 1. The van der Waals surface area contributed by atoms with E-state index in [1.54, 1.807) is 6.07 Å². The Hall–Kier alpha value is -3.08. The summed E-state index contributed by atoms with van der Waals surface area (Å²) in [6, 6.07) is 6.33. The second-order valence-electron chi connectivity index (χ2n) is 6.25. The van der Waals surface area contributed by atoms with Gasteiger partial charge in [0.05, 0.1) is 31.1 Å². The van der Waals surface area contributed by atoms with Gasteiger partial charge < -0.3 is 25.0 Å². The Balaban J connectivity index is 1.62. The number of halogens is 3. The second-order valence-corrected chi connectivity index (χ2v) is 6.25. The molecule has 0 bridgehead atoms. The predicted octanol–water partition coefficient (Wildman–Crippen LogP) is 2.84. The quantitative estimate of drug-likeness (QED) is 0.787. The maximum atomic E-state index is 12.5. The summed E-state index contributed by atoms with van der Waals surface area (Å²) in [5, 5.41) is 4.93. The van der Waals surface area contributed by atoms with Crippen molar-refractivity contribution in [2.45, 2.75) is 19.8 Å². The number of hydrogen-bond donors (Lipinski definition) is 2. The van der Waals surface area contributed by atoms with E-state index in [9.17, 15) is 18.0 Å². The Kier molecular flexibility index (Phi) is 6.37. The Labute approximate surface area is 165 Å². The molecule has 2 amide bonds. The van der Waals surface area contributed by atoms with E-state index in [1.165, 1.54) is 18.2 Å². The predicted molar refractivity (Wildman–Crippen MR) is 98.8 cm³/mol. The maximum absolute atomic E-state index is 12.5. The average Bonchev–Trinajstić information content (AvgIpc) is 2.67. The zero-order valence-electron chi connectivity index (χ0n) is 15.6. The summed E-state index contributed by atoms with van der Waals surface area (Å²) in [4.78, 5) is 23.0. The van der Waals surface area contributed by atoms with Gasteiger partial charge in [0.2, 0.25) is 5.95 Å². The molecule has 0 unspecified atom stereocenters. The Bertz CT molecular complexity index is 857. The third-order valence-corrected chi connectivity index (χ3v) is 3.98. The molecule has 1 fully saturated rings. The molecule has 2 heterocycles. The number of aryl methyl sites for hydroxylation is 1. The van der Waals surface area contributed by atoms with Crippen molar-refractivity contribution in [2.24, 2.45) is 0 Å². The first-order valence-electron chi connectivity index (χ1n) is 8.87. The van der Waals surface area contributed by atoms with Crippen molar-refractivity contribution in [2.75, 3.05) is 36.5 Å². The fraction of sp³-hybridized carbons (Fsp3) is 0.389. The van der Waals surface area contributed by atoms with Crippen LogP contribution in [0.5, 0.6) is 5.75 Å². The highest BCUT2D eigenvalue weighted by Crippen LogP contribution is 2.29. The van der Waals surface area contributed by atoms with Crippen LogP contribution >= 0.6 is 0 Å². The van der Waals surface area contributed by atoms with Crippen LogP contribution in [0.4, 0.5) is 29.6 Å². The van der Waals surface area contributed by atoms with Gasteiger partial charge in [0, 0.05) is 18.8 Å². The van der Waals surface area contributed by atoms with Crippen LogP contribution in [0.3, 0.4) is 0 Å². The zero-order valence-corrected chi connectivity index (χ0v) is 15.6. The summed E-state index contributed by atoms with van der Waals surface area (Å²) < 4.78 is 46.7. The molecule has 0 saturated carbocycles. The van der Waals surface area contributed by atoms with E-state index in [-0.39, 0.29) is 12.2 Å². The normalized spacial score (nSPS) is 14.4. The number of hydrogen-bond acceptors (Lipinski definition) is 6. The standard InChI is InChI=1S/C18H20F3N5O3/c1-12-10-13(24-16(23-12)26-6-8-28-9-7-26)11-22-17(27)25-14-4-2-3-5-15(14)29-18(19,20)21/h2-5,10H,6-9,11H2,1H3,(H2,22,25,27). The number of carbonyl (C=O) groups excluding carboxylic acids is 1. The van der Waals surface area contributed by atoms with Crippen LogP contribution in [0.2, 0.25) is 0 Å². The van der Waals surface area contributed by atoms with E-state index in [0.717, 1.165) is 11.8 Å². The van der Waals surface area contributed by atoms with Crippen molar-refractivity contribution in [3.05, 3.63) is 41.7 Å². The maximum Gasteiger partial charge on any atom is 0.573 e. The topological polar surface area (TPSA) is 88.6 Å². The van der Waals surface area contributed by atoms with E-state index in [0.29, 0.717) is 37.9 Å². The summed E-state index contributed by atoms with van der Waals surface area (Å²) in [5.41, 5.74) is 1.21. The summed E-state index contributed by atoms with van der Waals surface area (Å²) >= 11 is 0. The van der Waals surface area contributed by atoms with Gasteiger partial charge in [0.15, 0.2) is 5.75 Å². The van der Waals surface area contributed by atoms with Crippen LogP contribution in [0.1, 0.15) is 11.4 Å². The van der Waals surface area contributed by atoms with Crippen LogP contribution < -0.4 is 20.3 Å². The molecule has 1 aromatic carbocycles. The number of nitrogens with one attached hydrogen (secondary N) is 2. The Morgan fingerprint density at radius 3 is 2.69 bits per heavy atom. The highest BCUT2D eigenvalue weighted by atomic mass is 19.4. The molecule has 8 nitrogen and oxygen atoms in total. The van der Waals surface area contributed by atoms with Crippen LogP contribution in [0.15, 0.2) is 30.3 Å². The zero-order chi connectivity index (χ0) is 20.9. The number of alkyl halides is 3. The third kappa shape index (κ3) is 6.21. The molecule has 29 heavy (non-hydrogen) atoms. The van der Waals surface area contributed by atoms with Gasteiger partial charge in [0.1, 0.15) is 0 Å². The molecule has 1 aromatic heterocycles. The highest BCUT2D eigenvalue weighted by Gasteiger charge is 2.32. The fourth-order valence-corrected chi connectivity index (χ4v) is 2.73. The van der Waals surface area contributed by atoms with E-state index in [4.69, 9.17) is 4.74 Å². The number of rotatable bonds is 5. The number of carbonyl (C=O) groups is 1. The van der Waals surface area contributed by atoms with Gasteiger partial charge in [-0.2, -0.15) is 0 Å². The molecular weight excluding hydrogens is 391 g/mol. The number of ether oxygens (including phenoxy) is 2. The van der Waals surface area contributed by atoms with Gasteiger partial charge >= 0.3 is 12.4 Å². The Morgan fingerprint density at radius 1 is 1.24 bits per heavy atom. The SMILES string of the molecule is Cc1cc(CNC(=O)Nc2ccccc2OC(F)(F)F)nc(N2CCOCC2)n1. The summed E-state index contributed by atoms with van der Waals surface area (Å²) in [6.07, 6.45) is -4.86. The highest BCUT2D eigenvalue weighted by molar-refractivity contribution is 5.90. The van der Waals surface area contributed by atoms with Gasteiger partial charge in [-0.1, -0.05) is 12.1 Å². The third-order valence-electron chi connectivity index (χ3n) is 3.98. The van der Waals surface area contributed by atoms with Crippen LogP contribution in [-0.2, 0) is 11.3 Å². The van der Waals surface area contributed by atoms with E-state index in [1.807, 2.05) is 11.8 Å². The first-order chi connectivity index (χ1) is 13.8. The number of nitrogens with zero attached hydrogens (tertiary/aromatic N) is 3. The van der Waals surface area contributed by atoms with Crippen molar-refractivity contribution in [3.63, 3.8) is 0 Å². The van der Waals surface area contributed by atoms with E-state index in [2.05, 4.69) is 25.3 Å². The molecule has 11 heteroatoms. The smallest absolute Gasteiger partial charge is 0.404 e. The molecule has 0 radical (unpaired) electrons. The lowest BCUT2D eigenvalue weighted by Gasteiger charge is -2.27. The summed E-state index contributed by atoms with van der Waals surface area (Å²) in [6.45, 7) is 4.42. The number of aromatic nitrogens is 2. The second kappa shape index (κ2) is 8.95. The summed E-state index contributed by atoms with van der Waals surface area (Å²) in [5.74, 6) is 0.0528. The minimum atomic E-state index is -4.86. The lowest BCUT2D eigenvalue weighted by molar-refractivity contribution is -0.274. The van der Waals surface area contributed by atoms with Gasteiger partial charge in [-0.3, -0.25) is 0 Å². The molecule has 1 aliphatic rings. The molecule has 0 aliphatic carbocycles. The number of para-hydroxylation sites is 2. The molecule has 1 aliphatic heterocycles. The van der Waals surface area contributed by atoms with Crippen LogP contribution in [0.25, 0.3) is 0 Å². The van der Waals surface area contributed by atoms with Gasteiger partial charge in [-0.05, 0) is 25.1 Å². The minimum Gasteiger partial charge on any atom is -0.404 e.